The molecule has 1 aromatic rings. The maximum Gasteiger partial charge on any atom is 0.261 e. The van der Waals surface area contributed by atoms with Crippen molar-refractivity contribution in [2.45, 2.75) is 32.6 Å². The lowest BCUT2D eigenvalue weighted by Crippen LogP contribution is -2.32. The van der Waals surface area contributed by atoms with Gasteiger partial charge < -0.3 is 0 Å². The first kappa shape index (κ1) is 12.4. The number of aryl methyl sites for hydroxylation is 1. The fourth-order valence-electron chi connectivity index (χ4n) is 2.83. The van der Waals surface area contributed by atoms with Gasteiger partial charge in [0.2, 0.25) is 0 Å². The van der Waals surface area contributed by atoms with Gasteiger partial charge in [0.25, 0.3) is 11.8 Å². The van der Waals surface area contributed by atoms with E-state index in [1.807, 2.05) is 6.92 Å². The van der Waals surface area contributed by atoms with Crippen LogP contribution in [0.3, 0.4) is 0 Å². The molecule has 4 heteroatoms. The largest absolute Gasteiger partial charge is 0.269 e. The molecule has 2 amide bonds. The number of amides is 2. The predicted molar refractivity (Wildman–Crippen MR) is 74.2 cm³/mol. The number of hydrogen-bond donors (Lipinski definition) is 0. The molecule has 0 bridgehead atoms. The minimum atomic E-state index is -0.148. The van der Waals surface area contributed by atoms with Crippen molar-refractivity contribution in [1.29, 1.82) is 0 Å². The van der Waals surface area contributed by atoms with Crippen LogP contribution in [0.25, 0.3) is 0 Å². The molecule has 0 fully saturated rings. The van der Waals surface area contributed by atoms with E-state index in [1.165, 1.54) is 4.90 Å². The van der Waals surface area contributed by atoms with E-state index in [0.29, 0.717) is 21.9 Å². The number of imide groups is 1. The van der Waals surface area contributed by atoms with Crippen molar-refractivity contribution in [1.82, 2.24) is 0 Å². The number of nitrogens with zero attached hydrogens (tertiary/aromatic N) is 1. The molecular weight excluding hydrogens is 262 g/mol. The average molecular weight is 276 g/mol. The summed E-state index contributed by atoms with van der Waals surface area (Å²) in [6.07, 6.45) is 3.43. The third-order valence-corrected chi connectivity index (χ3v) is 4.03. The van der Waals surface area contributed by atoms with Crippen molar-refractivity contribution in [3.05, 3.63) is 39.9 Å². The van der Waals surface area contributed by atoms with Crippen LogP contribution in [0.15, 0.2) is 29.3 Å². The van der Waals surface area contributed by atoms with Gasteiger partial charge in [-0.05, 0) is 56.4 Å². The van der Waals surface area contributed by atoms with Gasteiger partial charge in [-0.25, -0.2) is 4.90 Å². The van der Waals surface area contributed by atoms with Crippen molar-refractivity contribution in [2.24, 2.45) is 0 Å². The lowest BCUT2D eigenvalue weighted by Gasteiger charge is -2.17. The van der Waals surface area contributed by atoms with Crippen LogP contribution in [0.5, 0.6) is 0 Å². The molecule has 0 saturated heterocycles. The second-order valence-electron chi connectivity index (χ2n) is 5.04. The number of carbonyl (C=O) groups excluding carboxylic acids is 2. The summed E-state index contributed by atoms with van der Waals surface area (Å²) < 4.78 is 0. The first-order chi connectivity index (χ1) is 9.09. The molecule has 0 aromatic heterocycles. The number of halogens is 1. The molecule has 1 aliphatic heterocycles. The predicted octanol–water partition coefficient (Wildman–Crippen LogP) is 3.39. The highest BCUT2D eigenvalue weighted by molar-refractivity contribution is 6.34. The Hall–Kier alpha value is -1.61. The molecule has 3 nitrogen and oxygen atoms in total. The highest BCUT2D eigenvalue weighted by Crippen LogP contribution is 2.37. The summed E-state index contributed by atoms with van der Waals surface area (Å²) in [5.41, 5.74) is 2.92. The van der Waals surface area contributed by atoms with E-state index in [-0.39, 0.29) is 11.8 Å². The quantitative estimate of drug-likeness (QED) is 0.737. The van der Waals surface area contributed by atoms with Crippen LogP contribution >= 0.6 is 11.6 Å². The number of anilines is 1. The molecule has 0 N–H and O–H groups in total. The third kappa shape index (κ3) is 1.89. The van der Waals surface area contributed by atoms with E-state index >= 15 is 0 Å². The lowest BCUT2D eigenvalue weighted by atomic mass is 9.93. The van der Waals surface area contributed by atoms with E-state index in [4.69, 9.17) is 11.6 Å². The standard InChI is InChI=1S/C15H14ClNO2/c1-9-8-10(16)6-7-13(9)17-14(18)11-4-2-3-5-12(11)15(17)19/h6-8H,2-5H2,1H3. The van der Waals surface area contributed by atoms with Crippen molar-refractivity contribution >= 4 is 29.1 Å². The first-order valence-electron chi connectivity index (χ1n) is 6.46. The van der Waals surface area contributed by atoms with E-state index < -0.39 is 0 Å². The number of rotatable bonds is 1. The van der Waals surface area contributed by atoms with Crippen LogP contribution in [0.2, 0.25) is 5.02 Å². The minimum absolute atomic E-state index is 0.148. The van der Waals surface area contributed by atoms with Crippen LogP contribution in [0, 0.1) is 6.92 Å². The SMILES string of the molecule is Cc1cc(Cl)ccc1N1C(=O)C2=C(CCCC2)C1=O. The molecule has 0 unspecified atom stereocenters. The number of carbonyl (C=O) groups is 2. The topological polar surface area (TPSA) is 37.4 Å². The minimum Gasteiger partial charge on any atom is -0.269 e. The summed E-state index contributed by atoms with van der Waals surface area (Å²) in [5, 5.41) is 0.609. The molecule has 98 valence electrons. The molecule has 0 saturated carbocycles. The van der Waals surface area contributed by atoms with Gasteiger partial charge in [-0.2, -0.15) is 0 Å². The molecule has 0 spiro atoms. The van der Waals surface area contributed by atoms with Crippen LogP contribution < -0.4 is 4.90 Å². The van der Waals surface area contributed by atoms with Crippen LogP contribution in [-0.4, -0.2) is 11.8 Å². The Balaban J connectivity index is 2.04. The van der Waals surface area contributed by atoms with Crippen molar-refractivity contribution in [2.75, 3.05) is 4.90 Å². The summed E-state index contributed by atoms with van der Waals surface area (Å²) in [6, 6.07) is 5.22. The molecule has 1 heterocycles. The second kappa shape index (κ2) is 4.49. The van der Waals surface area contributed by atoms with Gasteiger partial charge in [0.05, 0.1) is 5.69 Å². The molecule has 1 aromatic carbocycles. The fourth-order valence-corrected chi connectivity index (χ4v) is 3.05. The molecule has 0 radical (unpaired) electrons. The highest BCUT2D eigenvalue weighted by Gasteiger charge is 2.40. The van der Waals surface area contributed by atoms with Gasteiger partial charge in [-0.15, -0.1) is 0 Å². The Morgan fingerprint density at radius 1 is 1.05 bits per heavy atom. The lowest BCUT2D eigenvalue weighted by molar-refractivity contribution is -0.120. The summed E-state index contributed by atoms with van der Waals surface area (Å²) in [4.78, 5) is 26.1. The third-order valence-electron chi connectivity index (χ3n) is 3.79. The summed E-state index contributed by atoms with van der Waals surface area (Å²) in [6.45, 7) is 1.86. The zero-order valence-electron chi connectivity index (χ0n) is 10.7. The maximum absolute atomic E-state index is 12.4. The van der Waals surface area contributed by atoms with Gasteiger partial charge in [0, 0.05) is 16.2 Å². The smallest absolute Gasteiger partial charge is 0.261 e. The normalized spacial score (nSPS) is 19.2. The Kier molecular flexibility index (Phi) is 2.94. The van der Waals surface area contributed by atoms with Crippen LogP contribution in [-0.2, 0) is 9.59 Å². The van der Waals surface area contributed by atoms with Gasteiger partial charge in [0.1, 0.15) is 0 Å². The Bertz CT molecular complexity index is 591. The molecule has 19 heavy (non-hydrogen) atoms. The van der Waals surface area contributed by atoms with Crippen molar-refractivity contribution in [3.8, 4) is 0 Å². The van der Waals surface area contributed by atoms with Gasteiger partial charge in [-0.1, -0.05) is 11.6 Å². The van der Waals surface area contributed by atoms with E-state index in [9.17, 15) is 9.59 Å². The average Bonchev–Trinajstić information content (AvgIpc) is 2.64. The Morgan fingerprint density at radius 2 is 1.63 bits per heavy atom. The highest BCUT2D eigenvalue weighted by atomic mass is 35.5. The molecule has 2 aliphatic rings. The van der Waals surface area contributed by atoms with Gasteiger partial charge in [0.15, 0.2) is 0 Å². The Labute approximate surface area is 116 Å². The van der Waals surface area contributed by atoms with Gasteiger partial charge in [-0.3, -0.25) is 9.59 Å². The van der Waals surface area contributed by atoms with E-state index in [2.05, 4.69) is 0 Å². The second-order valence-corrected chi connectivity index (χ2v) is 5.48. The molecule has 0 atom stereocenters. The molecular formula is C15H14ClNO2. The van der Waals surface area contributed by atoms with Crippen LogP contribution in [0.1, 0.15) is 31.2 Å². The van der Waals surface area contributed by atoms with Crippen molar-refractivity contribution in [3.63, 3.8) is 0 Å². The monoisotopic (exact) mass is 275 g/mol. The van der Waals surface area contributed by atoms with Crippen molar-refractivity contribution < 1.29 is 9.59 Å². The first-order valence-corrected chi connectivity index (χ1v) is 6.84. The zero-order chi connectivity index (χ0) is 13.6. The fraction of sp³-hybridized carbons (Fsp3) is 0.333. The molecule has 1 aliphatic carbocycles. The summed E-state index contributed by atoms with van der Waals surface area (Å²) in [7, 11) is 0. The maximum atomic E-state index is 12.4. The van der Waals surface area contributed by atoms with E-state index in [1.54, 1.807) is 18.2 Å². The zero-order valence-corrected chi connectivity index (χ0v) is 11.5. The Morgan fingerprint density at radius 3 is 2.16 bits per heavy atom. The number of benzene rings is 1. The number of hydrogen-bond acceptors (Lipinski definition) is 2. The molecule has 3 rings (SSSR count). The van der Waals surface area contributed by atoms with Gasteiger partial charge >= 0.3 is 0 Å². The van der Waals surface area contributed by atoms with Crippen LogP contribution in [0.4, 0.5) is 5.69 Å². The van der Waals surface area contributed by atoms with E-state index in [0.717, 1.165) is 31.2 Å². The summed E-state index contributed by atoms with van der Waals surface area (Å²) >= 11 is 5.92. The summed E-state index contributed by atoms with van der Waals surface area (Å²) in [5.74, 6) is -0.296.